The molecule has 4 heteroatoms. The predicted molar refractivity (Wildman–Crippen MR) is 58.1 cm³/mol. The molecule has 0 atom stereocenters. The van der Waals surface area contributed by atoms with Crippen molar-refractivity contribution >= 4 is 0 Å². The molecule has 2 rings (SSSR count). The molecule has 0 aromatic carbocycles. The number of aromatic nitrogens is 2. The van der Waals surface area contributed by atoms with Crippen molar-refractivity contribution in [2.75, 3.05) is 0 Å². The van der Waals surface area contributed by atoms with Crippen molar-refractivity contribution in [2.45, 2.75) is 26.4 Å². The van der Waals surface area contributed by atoms with Crippen LogP contribution in [0.5, 0.6) is 0 Å². The second-order valence-electron chi connectivity index (χ2n) is 3.41. The van der Waals surface area contributed by atoms with Crippen molar-refractivity contribution in [2.24, 2.45) is 5.73 Å². The van der Waals surface area contributed by atoms with Crippen LogP contribution < -0.4 is 5.73 Å². The molecule has 4 nitrogen and oxygen atoms in total. The average Bonchev–Trinajstić information content (AvgIpc) is 2.85. The number of rotatable bonds is 4. The Morgan fingerprint density at radius 2 is 2.33 bits per heavy atom. The lowest BCUT2D eigenvalue weighted by Gasteiger charge is -2.02. The molecule has 2 N–H and O–H groups in total. The van der Waals surface area contributed by atoms with Gasteiger partial charge in [-0.2, -0.15) is 0 Å². The molecule has 80 valence electrons. The molecule has 0 aliphatic carbocycles. The largest absolute Gasteiger partial charge is 0.456 e. The molecule has 0 aliphatic heterocycles. The van der Waals surface area contributed by atoms with Crippen molar-refractivity contribution < 1.29 is 4.42 Å². The Hall–Kier alpha value is -1.55. The van der Waals surface area contributed by atoms with Gasteiger partial charge in [-0.3, -0.25) is 0 Å². The van der Waals surface area contributed by atoms with Crippen LogP contribution >= 0.6 is 0 Å². The fourth-order valence-corrected chi connectivity index (χ4v) is 1.56. The number of imidazole rings is 1. The van der Waals surface area contributed by atoms with Gasteiger partial charge in [0.05, 0.1) is 6.54 Å². The highest BCUT2D eigenvalue weighted by atomic mass is 16.3. The van der Waals surface area contributed by atoms with Crippen LogP contribution in [0.3, 0.4) is 0 Å². The maximum atomic E-state index is 5.56. The number of hydrogen-bond donors (Lipinski definition) is 1. The van der Waals surface area contributed by atoms with E-state index in [1.54, 1.807) is 6.20 Å². The zero-order chi connectivity index (χ0) is 10.7. The third-order valence-electron chi connectivity index (χ3n) is 2.26. The molecule has 0 amide bonds. The Morgan fingerprint density at radius 1 is 1.47 bits per heavy atom. The van der Waals surface area contributed by atoms with Crippen LogP contribution in [0.4, 0.5) is 0 Å². The molecule has 0 bridgehead atoms. The average molecular weight is 205 g/mol. The minimum atomic E-state index is 0.425. The number of furan rings is 1. The van der Waals surface area contributed by atoms with E-state index >= 15 is 0 Å². The summed E-state index contributed by atoms with van der Waals surface area (Å²) in [6.45, 7) is 3.51. The van der Waals surface area contributed by atoms with Crippen LogP contribution in [-0.2, 0) is 13.1 Å². The molecule has 0 unspecified atom stereocenters. The van der Waals surface area contributed by atoms with Crippen LogP contribution in [-0.4, -0.2) is 9.55 Å². The van der Waals surface area contributed by atoms with Gasteiger partial charge in [-0.15, -0.1) is 0 Å². The van der Waals surface area contributed by atoms with Crippen molar-refractivity contribution in [1.29, 1.82) is 0 Å². The second-order valence-corrected chi connectivity index (χ2v) is 3.41. The highest BCUT2D eigenvalue weighted by Gasteiger charge is 2.09. The second kappa shape index (κ2) is 4.31. The zero-order valence-corrected chi connectivity index (χ0v) is 8.81. The van der Waals surface area contributed by atoms with E-state index in [0.29, 0.717) is 6.54 Å². The van der Waals surface area contributed by atoms with E-state index in [1.165, 1.54) is 0 Å². The van der Waals surface area contributed by atoms with E-state index in [9.17, 15) is 0 Å². The Morgan fingerprint density at radius 3 is 3.00 bits per heavy atom. The van der Waals surface area contributed by atoms with Crippen molar-refractivity contribution in [1.82, 2.24) is 9.55 Å². The Balaban J connectivity index is 2.31. The van der Waals surface area contributed by atoms with E-state index in [4.69, 9.17) is 10.2 Å². The van der Waals surface area contributed by atoms with E-state index in [-0.39, 0.29) is 0 Å². The number of hydrogen-bond acceptors (Lipinski definition) is 3. The van der Waals surface area contributed by atoms with Crippen LogP contribution in [0.1, 0.15) is 19.1 Å². The summed E-state index contributed by atoms with van der Waals surface area (Å²) < 4.78 is 7.64. The quantitative estimate of drug-likeness (QED) is 0.830. The molecule has 0 spiro atoms. The summed E-state index contributed by atoms with van der Waals surface area (Å²) in [5.74, 6) is 2.45. The predicted octanol–water partition coefficient (Wildman–Crippen LogP) is 2.01. The fraction of sp³-hybridized carbons (Fsp3) is 0.364. The van der Waals surface area contributed by atoms with Crippen LogP contribution in [0.15, 0.2) is 28.9 Å². The Labute approximate surface area is 88.7 Å². The molecule has 15 heavy (non-hydrogen) atoms. The number of aryl methyl sites for hydroxylation is 1. The van der Waals surface area contributed by atoms with Crippen molar-refractivity contribution in [3.05, 3.63) is 30.3 Å². The molecular formula is C11H15N3O. The van der Waals surface area contributed by atoms with Crippen molar-refractivity contribution in [3.63, 3.8) is 0 Å². The lowest BCUT2D eigenvalue weighted by Crippen LogP contribution is -1.97. The maximum Gasteiger partial charge on any atom is 0.176 e. The summed E-state index contributed by atoms with van der Waals surface area (Å²) in [6.07, 6.45) is 4.83. The van der Waals surface area contributed by atoms with Gasteiger partial charge in [-0.25, -0.2) is 4.98 Å². The van der Waals surface area contributed by atoms with Gasteiger partial charge in [-0.1, -0.05) is 6.92 Å². The van der Waals surface area contributed by atoms with Gasteiger partial charge in [0.1, 0.15) is 5.76 Å². The van der Waals surface area contributed by atoms with Crippen LogP contribution in [0.2, 0.25) is 0 Å². The first-order valence-electron chi connectivity index (χ1n) is 5.15. The van der Waals surface area contributed by atoms with Gasteiger partial charge in [0.2, 0.25) is 0 Å². The Kier molecular flexibility index (Phi) is 2.87. The standard InChI is InChI=1S/C11H15N3O/c1-2-6-14-7-5-13-11(14)10-4-3-9(8-12)15-10/h3-5,7H,2,6,8,12H2,1H3. The SMILES string of the molecule is CCCn1ccnc1-c1ccc(CN)o1. The van der Waals surface area contributed by atoms with Gasteiger partial charge in [-0.05, 0) is 18.6 Å². The van der Waals surface area contributed by atoms with Gasteiger partial charge in [0, 0.05) is 18.9 Å². The molecular weight excluding hydrogens is 190 g/mol. The minimum Gasteiger partial charge on any atom is -0.456 e. The van der Waals surface area contributed by atoms with Gasteiger partial charge >= 0.3 is 0 Å². The number of nitrogens with zero attached hydrogens (tertiary/aromatic N) is 2. The monoisotopic (exact) mass is 205 g/mol. The molecule has 2 heterocycles. The summed E-state index contributed by atoms with van der Waals surface area (Å²) in [7, 11) is 0. The number of nitrogens with two attached hydrogens (primary N) is 1. The smallest absolute Gasteiger partial charge is 0.176 e. The first kappa shape index (κ1) is 9.98. The first-order chi connectivity index (χ1) is 7.35. The van der Waals surface area contributed by atoms with Crippen molar-refractivity contribution in [3.8, 4) is 11.6 Å². The summed E-state index contributed by atoms with van der Waals surface area (Å²) in [5.41, 5.74) is 5.49. The Bertz CT molecular complexity index is 430. The summed E-state index contributed by atoms with van der Waals surface area (Å²) in [6, 6.07) is 3.80. The third-order valence-corrected chi connectivity index (χ3v) is 2.26. The van der Waals surface area contributed by atoms with Gasteiger partial charge < -0.3 is 14.7 Å². The lowest BCUT2D eigenvalue weighted by molar-refractivity contribution is 0.516. The van der Waals surface area contributed by atoms with Crippen LogP contribution in [0, 0.1) is 0 Å². The van der Waals surface area contributed by atoms with E-state index in [1.807, 2.05) is 18.3 Å². The molecule has 0 fully saturated rings. The molecule has 2 aromatic rings. The van der Waals surface area contributed by atoms with E-state index < -0.39 is 0 Å². The normalized spacial score (nSPS) is 10.8. The molecule has 0 saturated heterocycles. The highest BCUT2D eigenvalue weighted by molar-refractivity contribution is 5.47. The molecule has 0 saturated carbocycles. The minimum absolute atomic E-state index is 0.425. The fourth-order valence-electron chi connectivity index (χ4n) is 1.56. The molecule has 2 aromatic heterocycles. The highest BCUT2D eigenvalue weighted by Crippen LogP contribution is 2.20. The summed E-state index contributed by atoms with van der Waals surface area (Å²) >= 11 is 0. The van der Waals surface area contributed by atoms with E-state index in [2.05, 4.69) is 16.5 Å². The lowest BCUT2D eigenvalue weighted by atomic mass is 10.4. The maximum absolute atomic E-state index is 5.56. The summed E-state index contributed by atoms with van der Waals surface area (Å²) in [5, 5.41) is 0. The molecule has 0 aliphatic rings. The van der Waals surface area contributed by atoms with Gasteiger partial charge in [0.15, 0.2) is 11.6 Å². The third kappa shape index (κ3) is 1.94. The van der Waals surface area contributed by atoms with Gasteiger partial charge in [0.25, 0.3) is 0 Å². The first-order valence-corrected chi connectivity index (χ1v) is 5.15. The zero-order valence-electron chi connectivity index (χ0n) is 8.81. The van der Waals surface area contributed by atoms with Crippen LogP contribution in [0.25, 0.3) is 11.6 Å². The molecule has 0 radical (unpaired) electrons. The topological polar surface area (TPSA) is 57.0 Å². The van der Waals surface area contributed by atoms with E-state index in [0.717, 1.165) is 30.3 Å². The summed E-state index contributed by atoms with van der Waals surface area (Å²) in [4.78, 5) is 4.28.